The molecule has 6 N–H and O–H groups in total. The Morgan fingerprint density at radius 3 is 2.55 bits per heavy atom. The smallest absolute Gasteiger partial charge is 0.340 e. The molecule has 4 fully saturated rings. The molecule has 10 heteroatoms. The van der Waals surface area contributed by atoms with Crippen LogP contribution in [0.1, 0.15) is 118 Å². The van der Waals surface area contributed by atoms with Gasteiger partial charge in [-0.05, 0) is 220 Å². The maximum Gasteiger partial charge on any atom is 0.340 e. The van der Waals surface area contributed by atoms with Gasteiger partial charge in [0.25, 0.3) is 0 Å². The molecule has 0 aromatic heterocycles. The lowest BCUT2D eigenvalue weighted by molar-refractivity contribution is -0.135. The quantitative estimate of drug-likeness (QED) is 0.0898. The molecule has 0 radical (unpaired) electrons. The number of esters is 2. The number of benzene rings is 4. The summed E-state index contributed by atoms with van der Waals surface area (Å²) < 4.78 is 13.4. The molecule has 10 nitrogen and oxygen atoms in total. The third-order valence-corrected chi connectivity index (χ3v) is 19.5. The van der Waals surface area contributed by atoms with E-state index >= 15 is 9.59 Å². The summed E-state index contributed by atoms with van der Waals surface area (Å²) in [5, 5.41) is 37.0. The Hall–Kier alpha value is -5.62. The molecule has 4 aromatic rings. The van der Waals surface area contributed by atoms with E-state index < -0.39 is 11.5 Å². The molecule has 5 heterocycles. The first-order valence-electron chi connectivity index (χ1n) is 28.5. The molecule has 392 valence electrons. The van der Waals surface area contributed by atoms with Crippen molar-refractivity contribution >= 4 is 17.5 Å². The molecule has 10 aliphatic rings. The zero-order valence-corrected chi connectivity index (χ0v) is 44.1. The molecular weight excluding hydrogens is 933 g/mol. The number of fused-ring (bicyclic) bond motifs is 5. The molecule has 5 aliphatic heterocycles. The number of phenols is 1. The van der Waals surface area contributed by atoms with E-state index in [0.29, 0.717) is 42.7 Å². The Morgan fingerprint density at radius 2 is 1.71 bits per heavy atom. The highest BCUT2D eigenvalue weighted by Gasteiger charge is 2.68. The number of aromatic hydroxyl groups is 1. The Morgan fingerprint density at radius 1 is 0.853 bits per heavy atom. The van der Waals surface area contributed by atoms with Gasteiger partial charge in [-0.15, -0.1) is 0 Å². The van der Waals surface area contributed by atoms with Crippen LogP contribution in [0.4, 0.5) is 0 Å². The molecule has 5 aliphatic carbocycles. The lowest BCUT2D eigenvalue weighted by Crippen LogP contribution is -2.52. The van der Waals surface area contributed by atoms with Crippen LogP contribution >= 0.6 is 0 Å². The molecule has 2 saturated heterocycles. The summed E-state index contributed by atoms with van der Waals surface area (Å²) in [6, 6.07) is 34.0. The highest BCUT2D eigenvalue weighted by Crippen LogP contribution is 2.72. The van der Waals surface area contributed by atoms with Gasteiger partial charge >= 0.3 is 11.9 Å². The van der Waals surface area contributed by atoms with Crippen molar-refractivity contribution in [3.05, 3.63) is 165 Å². The van der Waals surface area contributed by atoms with Crippen molar-refractivity contribution in [1.29, 1.82) is 0 Å². The normalized spacial score (nSPS) is 31.6. The molecule has 4 aromatic carbocycles. The summed E-state index contributed by atoms with van der Waals surface area (Å²) >= 11 is 0. The number of ether oxygens (including phenoxy) is 2. The second-order valence-corrected chi connectivity index (χ2v) is 23.6. The lowest BCUT2D eigenvalue weighted by atomic mass is 9.44. The number of cyclic esters (lactones) is 1. The number of hydrogen-bond acceptors (Lipinski definition) is 10. The fourth-order valence-corrected chi connectivity index (χ4v) is 16.0. The fraction of sp³-hybridized carbons (Fsp3) is 0.477. The highest BCUT2D eigenvalue weighted by atomic mass is 16.6. The molecule has 11 atom stereocenters. The Kier molecular flexibility index (Phi) is 13.9. The Bertz CT molecular complexity index is 2970. The van der Waals surface area contributed by atoms with Gasteiger partial charge in [0.15, 0.2) is 0 Å². The minimum absolute atomic E-state index is 0.0289. The van der Waals surface area contributed by atoms with E-state index in [9.17, 15) is 10.2 Å². The molecule has 0 amide bonds. The molecule has 1 spiro atoms. The van der Waals surface area contributed by atoms with Crippen molar-refractivity contribution in [2.45, 2.75) is 122 Å². The van der Waals surface area contributed by atoms with Crippen molar-refractivity contribution in [3.63, 3.8) is 0 Å². The Balaban J connectivity index is 1.03. The predicted octanol–water partition coefficient (Wildman–Crippen LogP) is 10.8. The lowest BCUT2D eigenvalue weighted by Gasteiger charge is -2.56. The third-order valence-electron chi connectivity index (χ3n) is 19.5. The predicted molar refractivity (Wildman–Crippen MR) is 293 cm³/mol. The van der Waals surface area contributed by atoms with E-state index in [1.165, 1.54) is 16.7 Å². The van der Waals surface area contributed by atoms with Gasteiger partial charge in [0.1, 0.15) is 17.3 Å². The minimum Gasteiger partial charge on any atom is -0.508 e. The van der Waals surface area contributed by atoms with Gasteiger partial charge in [0.05, 0.1) is 23.3 Å². The van der Waals surface area contributed by atoms with Crippen LogP contribution in [-0.2, 0) is 38.4 Å². The largest absolute Gasteiger partial charge is 0.508 e. The van der Waals surface area contributed by atoms with Gasteiger partial charge in [-0.25, -0.2) is 9.59 Å². The summed E-state index contributed by atoms with van der Waals surface area (Å²) in [6.07, 6.45) is 16.0. The van der Waals surface area contributed by atoms with Crippen LogP contribution in [-0.4, -0.2) is 61.1 Å². The van der Waals surface area contributed by atoms with Crippen LogP contribution in [0.5, 0.6) is 5.75 Å². The van der Waals surface area contributed by atoms with E-state index in [1.807, 2.05) is 25.1 Å². The fourth-order valence-electron chi connectivity index (χ4n) is 16.0. The van der Waals surface area contributed by atoms with Crippen LogP contribution in [0.2, 0.25) is 0 Å². The summed E-state index contributed by atoms with van der Waals surface area (Å²) in [7, 11) is 2.05. The molecule has 75 heavy (non-hydrogen) atoms. The first kappa shape index (κ1) is 50.2. The molecule has 14 bridgehead atoms. The maximum absolute atomic E-state index is 15.2. The molecule has 2 saturated carbocycles. The van der Waals surface area contributed by atoms with E-state index in [0.717, 1.165) is 135 Å². The third kappa shape index (κ3) is 9.16. The molecular formula is C65H76N4O6. The van der Waals surface area contributed by atoms with Gasteiger partial charge in [-0.3, -0.25) is 0 Å². The zero-order chi connectivity index (χ0) is 51.4. The number of aliphatic hydroxyl groups is 1. The highest BCUT2D eigenvalue weighted by molar-refractivity contribution is 6.07. The van der Waals surface area contributed by atoms with Crippen molar-refractivity contribution in [3.8, 4) is 16.9 Å². The standard InChI is InChI=1S/C65H76N4O6/c1-4-40(30-41-10-6-5-7-11-41)33-55-65-27-21-50-51-18-19-52-54(74-62(72)58(52)59(51)65)22-26-64(47-24-29-68-56(34-47)66-3)25-20-46(36-64)61(69-37-39(2)70)45-15-8-12-42(31-45)23-28-67-38-43-13-9-14-44(32-43)49-17-16-48(71)35-53(49)57(50)60(65)63(73)75-55/h5-17,22,31-33,35,39-40,46-47,50-51,56,59,61,66-71H,4,18-21,23-30,34,36-38H2,1-3H3/b54-22?,55-33-/t39-,40-,46-,47+,50+,51-,56-,59+,61+,64+,65+/m0/s1. The van der Waals surface area contributed by atoms with Crippen LogP contribution < -0.4 is 21.3 Å². The van der Waals surface area contributed by atoms with Crippen LogP contribution in [0.25, 0.3) is 16.7 Å². The van der Waals surface area contributed by atoms with E-state index in [2.05, 4.69) is 120 Å². The molecule has 0 unspecified atom stereocenters. The summed E-state index contributed by atoms with van der Waals surface area (Å²) in [6.45, 7) is 7.02. The van der Waals surface area contributed by atoms with Gasteiger partial charge in [-0.2, -0.15) is 0 Å². The number of carbonyl (C=O) groups excluding carboxylic acids is 2. The summed E-state index contributed by atoms with van der Waals surface area (Å²) in [4.78, 5) is 30.3. The van der Waals surface area contributed by atoms with Crippen molar-refractivity contribution < 1.29 is 29.3 Å². The number of nitrogens with one attached hydrogen (secondary N) is 4. The zero-order valence-electron chi connectivity index (χ0n) is 44.1. The number of allylic oxidation sites excluding steroid dienone is 5. The average molecular weight is 1010 g/mol. The van der Waals surface area contributed by atoms with Crippen LogP contribution in [0.3, 0.4) is 0 Å². The minimum atomic E-state index is -0.881. The maximum atomic E-state index is 15.2. The van der Waals surface area contributed by atoms with Gasteiger partial charge in [0, 0.05) is 36.2 Å². The summed E-state index contributed by atoms with van der Waals surface area (Å²) in [5.74, 6) is 1.57. The second kappa shape index (κ2) is 20.7. The van der Waals surface area contributed by atoms with Gasteiger partial charge in [-0.1, -0.05) is 85.8 Å². The number of piperidine rings is 1. The number of aliphatic hydroxyl groups excluding tert-OH is 1. The second-order valence-electron chi connectivity index (χ2n) is 23.6. The molecule has 14 rings (SSSR count). The first-order chi connectivity index (χ1) is 36.5. The average Bonchev–Trinajstić information content (AvgIpc) is 4.14. The van der Waals surface area contributed by atoms with Gasteiger partial charge < -0.3 is 41.0 Å². The monoisotopic (exact) mass is 1010 g/mol. The number of carbonyl (C=O) groups is 2. The van der Waals surface area contributed by atoms with E-state index in [-0.39, 0.29) is 59.0 Å². The van der Waals surface area contributed by atoms with E-state index in [4.69, 9.17) is 9.47 Å². The number of hydrogen-bond donors (Lipinski definition) is 6. The number of rotatable bonds is 9. The van der Waals surface area contributed by atoms with Crippen LogP contribution in [0, 0.1) is 46.3 Å². The van der Waals surface area contributed by atoms with Crippen molar-refractivity contribution in [2.75, 3.05) is 26.7 Å². The van der Waals surface area contributed by atoms with Gasteiger partial charge in [0.2, 0.25) is 0 Å². The van der Waals surface area contributed by atoms with Crippen LogP contribution in [0.15, 0.2) is 137 Å². The van der Waals surface area contributed by atoms with E-state index in [1.54, 1.807) is 6.07 Å². The van der Waals surface area contributed by atoms with Crippen molar-refractivity contribution in [2.24, 2.45) is 46.3 Å². The number of phenolic OH excluding ortho intramolecular Hbond substituents is 1. The summed E-state index contributed by atoms with van der Waals surface area (Å²) in [5.41, 5.74) is 10.3. The Labute approximate surface area is 443 Å². The SMILES string of the molecule is CC[C@H](/C=C1\OC(=O)C2=C3c4cc(O)ccc4-c4cccc(c4)CNCCc4cccc(c4)[C@@H](NC[C@H](C)O)[C@H]4CC[C@@]([C@@H]5CCN[C@H](NC)C5)(CC=C5OC(=O)C6=C5CC[C@H]5[C@H]3CC[C@@]21[C@@H]65)C4)Cc1ccccc1. The first-order valence-corrected chi connectivity index (χ1v) is 28.5. The topological polar surface area (TPSA) is 141 Å². The van der Waals surface area contributed by atoms with Crippen molar-refractivity contribution in [1.82, 2.24) is 21.3 Å².